The van der Waals surface area contributed by atoms with E-state index < -0.39 is 0 Å². The number of nitrogens with zero attached hydrogens (tertiary/aromatic N) is 1. The molecule has 0 amide bonds. The molecule has 1 saturated heterocycles. The highest BCUT2D eigenvalue weighted by atomic mass is 32.2. The summed E-state index contributed by atoms with van der Waals surface area (Å²) in [6, 6.07) is 0. The van der Waals surface area contributed by atoms with Crippen LogP contribution in [0.5, 0.6) is 0 Å². The molecule has 16 heavy (non-hydrogen) atoms. The molecule has 3 N–H and O–H groups in total. The minimum Gasteiger partial charge on any atom is -0.330 e. The van der Waals surface area contributed by atoms with E-state index >= 15 is 0 Å². The highest BCUT2D eigenvalue weighted by Crippen LogP contribution is 2.09. The van der Waals surface area contributed by atoms with Crippen LogP contribution in [0.25, 0.3) is 0 Å². The maximum Gasteiger partial charge on any atom is 0.0107 e. The van der Waals surface area contributed by atoms with E-state index in [9.17, 15) is 0 Å². The number of nitrogens with one attached hydrogen (secondary N) is 1. The summed E-state index contributed by atoms with van der Waals surface area (Å²) in [5, 5.41) is 3.54. The molecular formula is C12H27N3S. The van der Waals surface area contributed by atoms with Crippen LogP contribution in [0.2, 0.25) is 0 Å². The number of hydrogen-bond donors (Lipinski definition) is 2. The van der Waals surface area contributed by atoms with Crippen LogP contribution >= 0.6 is 11.8 Å². The van der Waals surface area contributed by atoms with E-state index in [1.807, 2.05) is 0 Å². The number of thioether (sulfide) groups is 1. The minimum atomic E-state index is 0.622. The molecule has 1 fully saturated rings. The molecule has 0 aliphatic carbocycles. The van der Waals surface area contributed by atoms with Crippen molar-refractivity contribution >= 4 is 11.8 Å². The normalized spacial score (nSPS) is 20.2. The molecule has 1 heterocycles. The van der Waals surface area contributed by atoms with Gasteiger partial charge in [0.15, 0.2) is 0 Å². The largest absolute Gasteiger partial charge is 0.330 e. The first-order chi connectivity index (χ1) is 7.74. The SMILES string of the molecule is CC(C)C(CN)CNCCN1CCSCC1. The summed E-state index contributed by atoms with van der Waals surface area (Å²) in [5.74, 6) is 3.91. The summed E-state index contributed by atoms with van der Waals surface area (Å²) < 4.78 is 0. The van der Waals surface area contributed by atoms with Crippen molar-refractivity contribution in [3.8, 4) is 0 Å². The Kier molecular flexibility index (Phi) is 7.45. The Labute approximate surface area is 105 Å². The molecule has 0 aromatic heterocycles. The lowest BCUT2D eigenvalue weighted by atomic mass is 9.96. The number of nitrogens with two attached hydrogens (primary N) is 1. The van der Waals surface area contributed by atoms with E-state index in [0.29, 0.717) is 11.8 Å². The van der Waals surface area contributed by atoms with Crippen molar-refractivity contribution in [1.29, 1.82) is 0 Å². The lowest BCUT2D eigenvalue weighted by molar-refractivity contribution is 0.291. The fourth-order valence-electron chi connectivity index (χ4n) is 1.94. The monoisotopic (exact) mass is 245 g/mol. The minimum absolute atomic E-state index is 0.622. The Hall–Kier alpha value is 0.230. The van der Waals surface area contributed by atoms with Gasteiger partial charge in [-0.1, -0.05) is 13.8 Å². The predicted octanol–water partition coefficient (Wildman–Crippen LogP) is 0.856. The number of hydrogen-bond acceptors (Lipinski definition) is 4. The first-order valence-corrected chi connectivity index (χ1v) is 7.60. The van der Waals surface area contributed by atoms with Crippen molar-refractivity contribution in [2.75, 3.05) is 50.8 Å². The summed E-state index contributed by atoms with van der Waals surface area (Å²) in [4.78, 5) is 2.55. The zero-order chi connectivity index (χ0) is 11.8. The van der Waals surface area contributed by atoms with Crippen LogP contribution in [0, 0.1) is 11.8 Å². The Morgan fingerprint density at radius 2 is 2.00 bits per heavy atom. The molecule has 0 radical (unpaired) electrons. The number of rotatable bonds is 7. The second-order valence-corrected chi connectivity index (χ2v) is 6.12. The van der Waals surface area contributed by atoms with Gasteiger partial charge in [0.25, 0.3) is 0 Å². The molecule has 96 valence electrons. The average Bonchev–Trinajstić information content (AvgIpc) is 2.30. The van der Waals surface area contributed by atoms with Crippen LogP contribution in [0.4, 0.5) is 0 Å². The Bertz CT molecular complexity index is 170. The molecule has 0 bridgehead atoms. The third kappa shape index (κ3) is 5.53. The molecule has 3 nitrogen and oxygen atoms in total. The molecule has 1 atom stereocenters. The van der Waals surface area contributed by atoms with Gasteiger partial charge in [-0.15, -0.1) is 0 Å². The fraction of sp³-hybridized carbons (Fsp3) is 1.00. The van der Waals surface area contributed by atoms with Crippen molar-refractivity contribution in [2.24, 2.45) is 17.6 Å². The Balaban J connectivity index is 2.01. The standard InChI is InChI=1S/C12H27N3S/c1-11(2)12(9-13)10-14-3-4-15-5-7-16-8-6-15/h11-12,14H,3-10,13H2,1-2H3. The Morgan fingerprint density at radius 1 is 1.31 bits per heavy atom. The van der Waals surface area contributed by atoms with Gasteiger partial charge in [-0.2, -0.15) is 11.8 Å². The summed E-state index contributed by atoms with van der Waals surface area (Å²) >= 11 is 2.07. The Morgan fingerprint density at radius 3 is 2.56 bits per heavy atom. The average molecular weight is 245 g/mol. The van der Waals surface area contributed by atoms with Crippen LogP contribution in [-0.2, 0) is 0 Å². The smallest absolute Gasteiger partial charge is 0.0107 e. The highest BCUT2D eigenvalue weighted by molar-refractivity contribution is 7.99. The second-order valence-electron chi connectivity index (χ2n) is 4.90. The van der Waals surface area contributed by atoms with Crippen molar-refractivity contribution in [2.45, 2.75) is 13.8 Å². The van der Waals surface area contributed by atoms with Crippen LogP contribution in [0.15, 0.2) is 0 Å². The molecule has 0 spiro atoms. The maximum absolute atomic E-state index is 5.75. The van der Waals surface area contributed by atoms with Gasteiger partial charge in [-0.05, 0) is 24.9 Å². The van der Waals surface area contributed by atoms with E-state index in [-0.39, 0.29) is 0 Å². The van der Waals surface area contributed by atoms with Crippen LogP contribution in [0.1, 0.15) is 13.8 Å². The van der Waals surface area contributed by atoms with E-state index in [1.165, 1.54) is 31.1 Å². The van der Waals surface area contributed by atoms with Crippen molar-refractivity contribution in [3.05, 3.63) is 0 Å². The molecule has 1 unspecified atom stereocenters. The van der Waals surface area contributed by atoms with Gasteiger partial charge in [0.05, 0.1) is 0 Å². The van der Waals surface area contributed by atoms with Crippen LogP contribution in [-0.4, -0.2) is 55.7 Å². The van der Waals surface area contributed by atoms with Gasteiger partial charge >= 0.3 is 0 Å². The molecular weight excluding hydrogens is 218 g/mol. The van der Waals surface area contributed by atoms with Gasteiger partial charge in [0, 0.05) is 37.7 Å². The molecule has 4 heteroatoms. The second kappa shape index (κ2) is 8.34. The molecule has 1 rings (SSSR count). The predicted molar refractivity (Wildman–Crippen MR) is 74.0 cm³/mol. The van der Waals surface area contributed by atoms with Crippen molar-refractivity contribution < 1.29 is 0 Å². The van der Waals surface area contributed by atoms with Crippen molar-refractivity contribution in [1.82, 2.24) is 10.2 Å². The van der Waals surface area contributed by atoms with Crippen molar-refractivity contribution in [3.63, 3.8) is 0 Å². The van der Waals surface area contributed by atoms with Crippen LogP contribution in [0.3, 0.4) is 0 Å². The molecule has 0 aromatic rings. The zero-order valence-corrected chi connectivity index (χ0v) is 11.6. The fourth-order valence-corrected chi connectivity index (χ4v) is 2.92. The maximum atomic E-state index is 5.75. The summed E-state index contributed by atoms with van der Waals surface area (Å²) in [6.45, 7) is 11.2. The first-order valence-electron chi connectivity index (χ1n) is 6.45. The lowest BCUT2D eigenvalue weighted by Crippen LogP contribution is -2.40. The van der Waals surface area contributed by atoms with Crippen LogP contribution < -0.4 is 11.1 Å². The van der Waals surface area contributed by atoms with Gasteiger partial charge in [0.1, 0.15) is 0 Å². The van der Waals surface area contributed by atoms with E-state index in [2.05, 4.69) is 35.8 Å². The van der Waals surface area contributed by atoms with Gasteiger partial charge in [-0.3, -0.25) is 0 Å². The third-order valence-electron chi connectivity index (χ3n) is 3.36. The first kappa shape index (κ1) is 14.3. The quantitative estimate of drug-likeness (QED) is 0.653. The van der Waals surface area contributed by atoms with Gasteiger partial charge < -0.3 is 16.0 Å². The van der Waals surface area contributed by atoms with Gasteiger partial charge in [-0.25, -0.2) is 0 Å². The molecule has 1 aliphatic heterocycles. The molecule has 0 aromatic carbocycles. The zero-order valence-electron chi connectivity index (χ0n) is 10.7. The van der Waals surface area contributed by atoms with E-state index in [1.54, 1.807) is 0 Å². The third-order valence-corrected chi connectivity index (χ3v) is 4.30. The molecule has 1 aliphatic rings. The summed E-state index contributed by atoms with van der Waals surface area (Å²) in [7, 11) is 0. The highest BCUT2D eigenvalue weighted by Gasteiger charge is 2.12. The lowest BCUT2D eigenvalue weighted by Gasteiger charge is -2.26. The summed E-state index contributed by atoms with van der Waals surface area (Å²) in [6.07, 6.45) is 0. The summed E-state index contributed by atoms with van der Waals surface area (Å²) in [5.41, 5.74) is 5.75. The van der Waals surface area contributed by atoms with E-state index in [4.69, 9.17) is 5.73 Å². The molecule has 0 saturated carbocycles. The van der Waals surface area contributed by atoms with Gasteiger partial charge in [0.2, 0.25) is 0 Å². The topological polar surface area (TPSA) is 41.3 Å². The van der Waals surface area contributed by atoms with E-state index in [0.717, 1.165) is 19.6 Å².